The Morgan fingerprint density at radius 1 is 1.30 bits per heavy atom. The molecule has 4 aliphatic rings. The molecule has 4 saturated carbocycles. The zero-order valence-corrected chi connectivity index (χ0v) is 11.2. The summed E-state index contributed by atoms with van der Waals surface area (Å²) in [5.74, 6) is 1.17. The second-order valence-electron chi connectivity index (χ2n) is 6.88. The van der Waals surface area contributed by atoms with Crippen LogP contribution in [0.5, 0.6) is 0 Å². The maximum absolute atomic E-state index is 11.2. The van der Waals surface area contributed by atoms with Gasteiger partial charge in [-0.15, -0.1) is 0 Å². The molecule has 4 bridgehead atoms. The Balaban J connectivity index is 1.82. The van der Waals surface area contributed by atoms with Gasteiger partial charge >= 0.3 is 5.97 Å². The van der Waals surface area contributed by atoms with E-state index in [4.69, 9.17) is 0 Å². The lowest BCUT2D eigenvalue weighted by Gasteiger charge is -2.56. The van der Waals surface area contributed by atoms with E-state index in [-0.39, 0.29) is 16.8 Å². The molecule has 5 rings (SSSR count). The van der Waals surface area contributed by atoms with Crippen LogP contribution in [0.25, 0.3) is 0 Å². The van der Waals surface area contributed by atoms with E-state index in [1.54, 1.807) is 4.68 Å². The quantitative estimate of drug-likeness (QED) is 0.895. The monoisotopic (exact) mass is 271 g/mol. The van der Waals surface area contributed by atoms with Crippen molar-refractivity contribution in [3.05, 3.63) is 17.5 Å². The van der Waals surface area contributed by atoms with Crippen LogP contribution in [0.15, 0.2) is 6.20 Å². The van der Waals surface area contributed by atoms with Gasteiger partial charge in [-0.2, -0.15) is 10.4 Å². The van der Waals surface area contributed by atoms with Crippen molar-refractivity contribution in [2.75, 3.05) is 0 Å². The van der Waals surface area contributed by atoms with Crippen LogP contribution < -0.4 is 0 Å². The van der Waals surface area contributed by atoms with Gasteiger partial charge < -0.3 is 5.11 Å². The van der Waals surface area contributed by atoms with Gasteiger partial charge in [-0.1, -0.05) is 0 Å². The maximum Gasteiger partial charge on any atom is 0.340 e. The number of nitriles is 1. The highest BCUT2D eigenvalue weighted by atomic mass is 16.4. The van der Waals surface area contributed by atoms with Gasteiger partial charge in [0, 0.05) is 0 Å². The first kappa shape index (κ1) is 12.0. The molecular weight excluding hydrogens is 254 g/mol. The normalized spacial score (nSPS) is 37.9. The lowest BCUT2D eigenvalue weighted by atomic mass is 9.53. The van der Waals surface area contributed by atoms with Crippen molar-refractivity contribution < 1.29 is 9.90 Å². The number of rotatable bonds is 2. The van der Waals surface area contributed by atoms with Crippen molar-refractivity contribution in [3.63, 3.8) is 0 Å². The number of carboxylic acids is 1. The summed E-state index contributed by atoms with van der Waals surface area (Å²) < 4.78 is 1.76. The summed E-state index contributed by atoms with van der Waals surface area (Å²) in [5.41, 5.74) is 0.191. The lowest BCUT2D eigenvalue weighted by Crippen LogP contribution is -2.52. The van der Waals surface area contributed by atoms with Crippen molar-refractivity contribution >= 4 is 5.97 Å². The Labute approximate surface area is 117 Å². The Hall–Kier alpha value is -1.83. The molecule has 5 heteroatoms. The van der Waals surface area contributed by atoms with Crippen molar-refractivity contribution in [1.29, 1.82) is 5.26 Å². The topological polar surface area (TPSA) is 78.9 Å². The van der Waals surface area contributed by atoms with Crippen LogP contribution in [-0.2, 0) is 5.54 Å². The summed E-state index contributed by atoms with van der Waals surface area (Å²) >= 11 is 0. The predicted molar refractivity (Wildman–Crippen MR) is 70.0 cm³/mol. The maximum atomic E-state index is 11.2. The SMILES string of the molecule is N#Cc1c(C(=O)O)cnn1C12CC3CC(CC(C3)C1)C2. The van der Waals surface area contributed by atoms with Crippen molar-refractivity contribution in [2.24, 2.45) is 17.8 Å². The number of nitrogens with zero attached hydrogens (tertiary/aromatic N) is 3. The average molecular weight is 271 g/mol. The third-order valence-electron chi connectivity index (χ3n) is 5.56. The molecule has 0 aliphatic heterocycles. The number of aromatic nitrogens is 2. The zero-order valence-electron chi connectivity index (χ0n) is 11.2. The Bertz CT molecular complexity index is 590. The number of carboxylic acid groups (broad SMARTS) is 1. The van der Waals surface area contributed by atoms with Gasteiger partial charge in [-0.05, 0) is 56.3 Å². The van der Waals surface area contributed by atoms with Crippen LogP contribution in [0.1, 0.15) is 54.6 Å². The Kier molecular flexibility index (Phi) is 2.30. The molecule has 1 heterocycles. The molecule has 0 unspecified atom stereocenters. The minimum atomic E-state index is -1.06. The minimum absolute atomic E-state index is 0.0447. The molecule has 0 saturated heterocycles. The molecule has 4 aliphatic carbocycles. The summed E-state index contributed by atoms with van der Waals surface area (Å²) in [6.45, 7) is 0. The van der Waals surface area contributed by atoms with Gasteiger partial charge in [0.25, 0.3) is 0 Å². The number of aromatic carboxylic acids is 1. The largest absolute Gasteiger partial charge is 0.478 e. The molecule has 0 atom stereocenters. The number of carbonyl (C=O) groups is 1. The number of hydrogen-bond acceptors (Lipinski definition) is 3. The van der Waals surface area contributed by atoms with Crippen LogP contribution in [0.3, 0.4) is 0 Å². The van der Waals surface area contributed by atoms with Gasteiger partial charge in [-0.3, -0.25) is 0 Å². The van der Waals surface area contributed by atoms with Gasteiger partial charge in [0.2, 0.25) is 0 Å². The summed E-state index contributed by atoms with van der Waals surface area (Å²) in [5, 5.41) is 22.9. The molecule has 1 aromatic rings. The highest BCUT2D eigenvalue weighted by Crippen LogP contribution is 2.58. The van der Waals surface area contributed by atoms with E-state index in [2.05, 4.69) is 11.2 Å². The van der Waals surface area contributed by atoms with E-state index in [1.807, 2.05) is 0 Å². The van der Waals surface area contributed by atoms with Crippen LogP contribution in [0, 0.1) is 29.1 Å². The Morgan fingerprint density at radius 3 is 2.30 bits per heavy atom. The second kappa shape index (κ2) is 3.85. The summed E-state index contributed by atoms with van der Waals surface area (Å²) in [4.78, 5) is 11.2. The summed E-state index contributed by atoms with van der Waals surface area (Å²) in [6, 6.07) is 2.07. The van der Waals surface area contributed by atoms with Gasteiger partial charge in [-0.25, -0.2) is 9.48 Å². The molecule has 104 valence electrons. The molecule has 4 fully saturated rings. The summed E-state index contributed by atoms with van der Waals surface area (Å²) in [6.07, 6.45) is 8.48. The van der Waals surface area contributed by atoms with E-state index in [9.17, 15) is 15.2 Å². The van der Waals surface area contributed by atoms with Crippen LogP contribution in [-0.4, -0.2) is 20.9 Å². The molecule has 1 N–H and O–H groups in total. The molecule has 20 heavy (non-hydrogen) atoms. The fourth-order valence-corrected chi connectivity index (χ4v) is 5.30. The van der Waals surface area contributed by atoms with Crippen molar-refractivity contribution in [3.8, 4) is 6.07 Å². The third kappa shape index (κ3) is 1.48. The fraction of sp³-hybridized carbons (Fsp3) is 0.667. The zero-order chi connectivity index (χ0) is 13.9. The number of hydrogen-bond donors (Lipinski definition) is 1. The molecule has 0 amide bonds. The minimum Gasteiger partial charge on any atom is -0.478 e. The van der Waals surface area contributed by atoms with Crippen LogP contribution in [0.4, 0.5) is 0 Å². The first-order valence-electron chi connectivity index (χ1n) is 7.33. The fourth-order valence-electron chi connectivity index (χ4n) is 5.30. The van der Waals surface area contributed by atoms with Crippen LogP contribution in [0.2, 0.25) is 0 Å². The molecule has 0 aromatic carbocycles. The van der Waals surface area contributed by atoms with E-state index < -0.39 is 5.97 Å². The van der Waals surface area contributed by atoms with E-state index >= 15 is 0 Å². The van der Waals surface area contributed by atoms with Crippen molar-refractivity contribution in [1.82, 2.24) is 9.78 Å². The van der Waals surface area contributed by atoms with E-state index in [0.29, 0.717) is 0 Å². The second-order valence-corrected chi connectivity index (χ2v) is 6.88. The lowest BCUT2D eigenvalue weighted by molar-refractivity contribution is -0.0498. The highest BCUT2D eigenvalue weighted by Gasteiger charge is 2.53. The molecule has 0 radical (unpaired) electrons. The summed E-state index contributed by atoms with van der Waals surface area (Å²) in [7, 11) is 0. The van der Waals surface area contributed by atoms with Crippen molar-refractivity contribution in [2.45, 2.75) is 44.1 Å². The smallest absolute Gasteiger partial charge is 0.340 e. The third-order valence-corrected chi connectivity index (χ3v) is 5.56. The molecular formula is C15H17N3O2. The average Bonchev–Trinajstić information content (AvgIpc) is 2.81. The highest BCUT2D eigenvalue weighted by molar-refractivity contribution is 5.89. The first-order chi connectivity index (χ1) is 9.61. The van der Waals surface area contributed by atoms with E-state index in [1.165, 1.54) is 25.5 Å². The molecule has 5 nitrogen and oxygen atoms in total. The van der Waals surface area contributed by atoms with Gasteiger partial charge in [0.05, 0.1) is 11.7 Å². The van der Waals surface area contributed by atoms with Gasteiger partial charge in [0.1, 0.15) is 11.6 Å². The standard InChI is InChI=1S/C15H17N3O2/c16-7-13-12(14(19)20)8-17-18(13)15-4-9-1-10(5-15)3-11(2-9)6-15/h8-11H,1-6H2,(H,19,20). The van der Waals surface area contributed by atoms with E-state index in [0.717, 1.165) is 37.0 Å². The molecule has 0 spiro atoms. The first-order valence-corrected chi connectivity index (χ1v) is 7.33. The van der Waals surface area contributed by atoms with Gasteiger partial charge in [0.15, 0.2) is 5.69 Å². The van der Waals surface area contributed by atoms with Crippen LogP contribution >= 0.6 is 0 Å². The Morgan fingerprint density at radius 2 is 1.85 bits per heavy atom. The predicted octanol–water partition coefficient (Wildman–Crippen LogP) is 2.38. The molecule has 1 aromatic heterocycles.